The van der Waals surface area contributed by atoms with Crippen LogP contribution in [0, 0.1) is 17.1 Å². The molecular formula is C19H19FN6O4. The third kappa shape index (κ3) is 3.47. The van der Waals surface area contributed by atoms with Crippen molar-refractivity contribution >= 4 is 17.6 Å². The largest absolute Gasteiger partial charge is 0.393 e. The zero-order valence-electron chi connectivity index (χ0n) is 16.1. The molecule has 1 atom stereocenters. The van der Waals surface area contributed by atoms with Gasteiger partial charge in [-0.25, -0.2) is 14.2 Å². The highest BCUT2D eigenvalue weighted by molar-refractivity contribution is 5.94. The summed E-state index contributed by atoms with van der Waals surface area (Å²) in [7, 11) is 1.46. The lowest BCUT2D eigenvalue weighted by Gasteiger charge is -2.27. The Morgan fingerprint density at radius 1 is 1.50 bits per heavy atom. The van der Waals surface area contributed by atoms with Crippen LogP contribution < -0.4 is 5.32 Å². The molecule has 0 unspecified atom stereocenters. The second-order valence-corrected chi connectivity index (χ2v) is 7.08. The molecule has 1 aromatic carbocycles. The van der Waals surface area contributed by atoms with Crippen LogP contribution in [0.4, 0.5) is 14.9 Å². The summed E-state index contributed by atoms with van der Waals surface area (Å²) in [6.07, 6.45) is -0.193. The van der Waals surface area contributed by atoms with Crippen LogP contribution in [0.1, 0.15) is 27.3 Å². The van der Waals surface area contributed by atoms with Gasteiger partial charge in [0.05, 0.1) is 42.7 Å². The number of amides is 3. The van der Waals surface area contributed by atoms with Crippen molar-refractivity contribution in [1.29, 1.82) is 5.26 Å². The van der Waals surface area contributed by atoms with Gasteiger partial charge in [-0.15, -0.1) is 0 Å². The van der Waals surface area contributed by atoms with Crippen LogP contribution >= 0.6 is 0 Å². The second-order valence-electron chi connectivity index (χ2n) is 7.08. The van der Waals surface area contributed by atoms with Gasteiger partial charge >= 0.3 is 6.03 Å². The summed E-state index contributed by atoms with van der Waals surface area (Å²) in [5, 5.41) is 26.4. The van der Waals surface area contributed by atoms with Gasteiger partial charge in [0.15, 0.2) is 0 Å². The first-order valence-electron chi connectivity index (χ1n) is 9.31. The maximum absolute atomic E-state index is 14.0. The molecule has 0 spiro atoms. The van der Waals surface area contributed by atoms with E-state index in [1.807, 2.05) is 6.07 Å². The summed E-state index contributed by atoms with van der Waals surface area (Å²) in [6, 6.07) is 5.06. The van der Waals surface area contributed by atoms with Crippen LogP contribution in [0.2, 0.25) is 0 Å². The van der Waals surface area contributed by atoms with Crippen LogP contribution in [0.25, 0.3) is 0 Å². The molecule has 3 amide bonds. The number of halogens is 1. The second kappa shape index (κ2) is 7.74. The van der Waals surface area contributed by atoms with Gasteiger partial charge in [0.1, 0.15) is 17.6 Å². The quantitative estimate of drug-likeness (QED) is 0.751. The van der Waals surface area contributed by atoms with E-state index in [9.17, 15) is 19.1 Å². The number of nitrogens with zero attached hydrogens (tertiary/aromatic N) is 5. The Labute approximate surface area is 171 Å². The predicted octanol–water partition coefficient (Wildman–Crippen LogP) is 0.862. The third-order valence-corrected chi connectivity index (χ3v) is 5.10. The zero-order valence-corrected chi connectivity index (χ0v) is 16.1. The number of benzene rings is 1. The predicted molar refractivity (Wildman–Crippen MR) is 101 cm³/mol. The van der Waals surface area contributed by atoms with Gasteiger partial charge in [-0.1, -0.05) is 0 Å². The van der Waals surface area contributed by atoms with Crippen molar-refractivity contribution < 1.29 is 23.9 Å². The average molecular weight is 414 g/mol. The molecule has 2 aliphatic rings. The van der Waals surface area contributed by atoms with E-state index < -0.39 is 23.9 Å². The number of nitrogens with one attached hydrogen (secondary N) is 1. The Kier molecular flexibility index (Phi) is 5.11. The van der Waals surface area contributed by atoms with E-state index in [1.54, 1.807) is 0 Å². The number of nitriles is 1. The van der Waals surface area contributed by atoms with E-state index in [1.165, 1.54) is 28.8 Å². The molecule has 2 aromatic rings. The number of hydrogen-bond donors (Lipinski definition) is 2. The van der Waals surface area contributed by atoms with Crippen LogP contribution in [0.15, 0.2) is 18.2 Å². The monoisotopic (exact) mass is 414 g/mol. The molecule has 0 radical (unpaired) electrons. The van der Waals surface area contributed by atoms with Crippen molar-refractivity contribution in [3.8, 4) is 6.07 Å². The van der Waals surface area contributed by atoms with Crippen LogP contribution in [-0.4, -0.2) is 63.1 Å². The molecule has 4 rings (SSSR count). The lowest BCUT2D eigenvalue weighted by molar-refractivity contribution is -0.159. The number of aromatic nitrogens is 2. The topological polar surface area (TPSA) is 124 Å². The number of rotatable bonds is 2. The number of anilines is 1. The number of aliphatic hydroxyl groups excluding tert-OH is 1. The molecule has 156 valence electrons. The number of urea groups is 1. The van der Waals surface area contributed by atoms with E-state index in [0.717, 1.165) is 11.1 Å². The van der Waals surface area contributed by atoms with E-state index in [-0.39, 0.29) is 30.9 Å². The molecule has 3 heterocycles. The van der Waals surface area contributed by atoms with Gasteiger partial charge in [0, 0.05) is 25.6 Å². The summed E-state index contributed by atoms with van der Waals surface area (Å²) >= 11 is 0. The summed E-state index contributed by atoms with van der Waals surface area (Å²) in [4.78, 5) is 32.3. The molecule has 0 bridgehead atoms. The van der Waals surface area contributed by atoms with E-state index in [0.29, 0.717) is 29.9 Å². The maximum Gasteiger partial charge on any atom is 0.322 e. The Bertz CT molecular complexity index is 1060. The van der Waals surface area contributed by atoms with Crippen molar-refractivity contribution in [2.24, 2.45) is 0 Å². The van der Waals surface area contributed by atoms with Crippen molar-refractivity contribution in [2.75, 3.05) is 25.5 Å². The first-order chi connectivity index (χ1) is 14.4. The number of carbonyl (C=O) groups excluding carboxylic acids is 2. The van der Waals surface area contributed by atoms with Gasteiger partial charge < -0.3 is 15.3 Å². The highest BCUT2D eigenvalue weighted by atomic mass is 19.1. The van der Waals surface area contributed by atoms with Gasteiger partial charge in [-0.05, 0) is 18.2 Å². The molecule has 0 saturated carbocycles. The fraction of sp³-hybridized carbons (Fsp3) is 0.368. The number of aliphatic hydroxyl groups is 1. The summed E-state index contributed by atoms with van der Waals surface area (Å²) in [5.41, 5.74) is 1.74. The fourth-order valence-corrected chi connectivity index (χ4v) is 3.59. The molecule has 30 heavy (non-hydrogen) atoms. The Morgan fingerprint density at radius 2 is 2.30 bits per heavy atom. The third-order valence-electron chi connectivity index (χ3n) is 5.10. The Morgan fingerprint density at radius 3 is 3.03 bits per heavy atom. The number of hydrogen-bond acceptors (Lipinski definition) is 6. The Balaban J connectivity index is 1.58. The van der Waals surface area contributed by atoms with Crippen LogP contribution in [0.3, 0.4) is 0 Å². The summed E-state index contributed by atoms with van der Waals surface area (Å²) in [6.45, 7) is 0.370. The van der Waals surface area contributed by atoms with Gasteiger partial charge in [-0.2, -0.15) is 10.4 Å². The van der Waals surface area contributed by atoms with Crippen molar-refractivity contribution in [3.05, 3.63) is 46.5 Å². The first-order valence-corrected chi connectivity index (χ1v) is 9.31. The average Bonchev–Trinajstić information content (AvgIpc) is 3.05. The highest BCUT2D eigenvalue weighted by Crippen LogP contribution is 2.27. The molecule has 1 aromatic heterocycles. The normalized spacial score (nSPS) is 18.3. The maximum atomic E-state index is 14.0. The molecular weight excluding hydrogens is 395 g/mol. The lowest BCUT2D eigenvalue weighted by atomic mass is 10.1. The fourth-order valence-electron chi connectivity index (χ4n) is 3.59. The Hall–Kier alpha value is -3.49. The minimum Gasteiger partial charge on any atom is -0.393 e. The molecule has 2 aliphatic heterocycles. The number of hydroxylamine groups is 2. The number of fused-ring (bicyclic) bond motifs is 3. The van der Waals surface area contributed by atoms with Gasteiger partial charge in [0.2, 0.25) is 0 Å². The van der Waals surface area contributed by atoms with E-state index >= 15 is 0 Å². The molecule has 0 aliphatic carbocycles. The zero-order chi connectivity index (χ0) is 21.4. The molecule has 2 N–H and O–H groups in total. The molecule has 0 saturated heterocycles. The summed E-state index contributed by atoms with van der Waals surface area (Å²) in [5.74, 6) is -1.07. The van der Waals surface area contributed by atoms with Gasteiger partial charge in [0.25, 0.3) is 5.91 Å². The van der Waals surface area contributed by atoms with Crippen molar-refractivity contribution in [3.63, 3.8) is 0 Å². The minimum absolute atomic E-state index is 0.0892. The summed E-state index contributed by atoms with van der Waals surface area (Å²) < 4.78 is 15.5. The molecule has 0 fully saturated rings. The minimum atomic E-state index is -0.650. The smallest absolute Gasteiger partial charge is 0.322 e. The SMILES string of the molecule is CN1O[C@H](CO)Cn2nc3c(c2C1=O)CN(C(=O)Nc1cc(C#N)ccc1F)CC3. The van der Waals surface area contributed by atoms with Gasteiger partial charge in [-0.3, -0.25) is 14.3 Å². The van der Waals surface area contributed by atoms with Crippen molar-refractivity contribution in [2.45, 2.75) is 25.6 Å². The standard InChI is InChI=1S/C19H19FN6O4/c1-24-18(28)17-13-9-25(5-4-15(13)23-26(17)8-12(10-27)30-24)19(29)22-16-6-11(7-21)2-3-14(16)20/h2-3,6,12,27H,4-5,8-10H2,1H3,(H,22,29)/t12-/m0/s1. The molecule has 11 heteroatoms. The number of carbonyl (C=O) groups is 2. The lowest BCUT2D eigenvalue weighted by Crippen LogP contribution is -2.40. The van der Waals surface area contributed by atoms with E-state index in [2.05, 4.69) is 10.4 Å². The van der Waals surface area contributed by atoms with Crippen LogP contribution in [-0.2, 0) is 24.3 Å². The van der Waals surface area contributed by atoms with Crippen molar-refractivity contribution in [1.82, 2.24) is 19.7 Å². The van der Waals surface area contributed by atoms with E-state index in [4.69, 9.17) is 10.1 Å². The first kappa shape index (κ1) is 19.8. The van der Waals surface area contributed by atoms with Crippen LogP contribution in [0.5, 0.6) is 0 Å². The molecule has 10 nitrogen and oxygen atoms in total. The highest BCUT2D eigenvalue weighted by Gasteiger charge is 2.35.